The van der Waals surface area contributed by atoms with E-state index in [-0.39, 0.29) is 22.8 Å². The van der Waals surface area contributed by atoms with Crippen molar-refractivity contribution in [3.05, 3.63) is 0 Å². The van der Waals surface area contributed by atoms with Gasteiger partial charge in [0.2, 0.25) is 0 Å². The maximum absolute atomic E-state index is 8.12. The Morgan fingerprint density at radius 2 is 1.25 bits per heavy atom. The van der Waals surface area contributed by atoms with Gasteiger partial charge in [0.15, 0.2) is 0 Å². The van der Waals surface area contributed by atoms with Crippen molar-refractivity contribution in [2.45, 2.75) is 0 Å². The van der Waals surface area contributed by atoms with Gasteiger partial charge in [-0.3, -0.25) is 0 Å². The fourth-order valence-corrected chi connectivity index (χ4v) is 0. The molecular formula is H2Cr2O2. The predicted octanol–water partition coefficient (Wildman–Crippen LogP) is -0.949. The first kappa shape index (κ1) is 21.2. The van der Waals surface area contributed by atoms with Crippen LogP contribution in [0.3, 0.4) is 0 Å². The summed E-state index contributed by atoms with van der Waals surface area (Å²) in [5.74, 6) is 0. The Morgan fingerprint density at radius 3 is 1.25 bits per heavy atom. The molecule has 0 aliphatic rings. The second-order valence-electron chi connectivity index (χ2n) is 0. The topological polar surface area (TPSA) is 48.6 Å². The first-order chi connectivity index (χ1) is 1.00. The van der Waals surface area contributed by atoms with E-state index >= 15 is 0 Å². The third-order valence-electron chi connectivity index (χ3n) is 0. The summed E-state index contributed by atoms with van der Waals surface area (Å²) in [7, 11) is 0. The molecule has 0 aromatic heterocycles. The summed E-state index contributed by atoms with van der Waals surface area (Å²) in [6.07, 6.45) is 0. The Kier molecular flexibility index (Phi) is 238. The van der Waals surface area contributed by atoms with Crippen LogP contribution in [0, 0.1) is 0 Å². The molecular weight excluding hydrogens is 136 g/mol. The SMILES string of the molecule is O.[Cr].[O]=[Cr]. The van der Waals surface area contributed by atoms with Crippen LogP contribution < -0.4 is 0 Å². The summed E-state index contributed by atoms with van der Waals surface area (Å²) < 4.78 is 8.12. The van der Waals surface area contributed by atoms with Crippen molar-refractivity contribution in [3.63, 3.8) is 0 Å². The van der Waals surface area contributed by atoms with E-state index in [1.807, 2.05) is 0 Å². The third kappa shape index (κ3) is 13.8. The normalized spacial score (nSPS) is 1.00. The zero-order chi connectivity index (χ0) is 2.00. The van der Waals surface area contributed by atoms with Gasteiger partial charge >= 0.3 is 20.0 Å². The summed E-state index contributed by atoms with van der Waals surface area (Å²) in [6.45, 7) is 0. The van der Waals surface area contributed by atoms with Crippen molar-refractivity contribution in [3.8, 4) is 0 Å². The average molecular weight is 138 g/mol. The van der Waals surface area contributed by atoms with Gasteiger partial charge in [0.25, 0.3) is 0 Å². The van der Waals surface area contributed by atoms with Crippen LogP contribution in [-0.4, -0.2) is 5.48 Å². The molecule has 0 aromatic carbocycles. The standard InChI is InChI=1S/2Cr.H2O.O/h;;1H2;. The van der Waals surface area contributed by atoms with Crippen molar-refractivity contribution in [1.29, 1.82) is 0 Å². The molecule has 0 rings (SSSR count). The number of hydrogen-bond acceptors (Lipinski definition) is 1. The summed E-state index contributed by atoms with van der Waals surface area (Å²) >= 11 is 1.38. The Morgan fingerprint density at radius 1 is 1.25 bits per heavy atom. The van der Waals surface area contributed by atoms with Crippen LogP contribution in [0.15, 0.2) is 0 Å². The first-order valence-corrected chi connectivity index (χ1v) is 0.687. The van der Waals surface area contributed by atoms with Gasteiger partial charge < -0.3 is 5.48 Å². The van der Waals surface area contributed by atoms with Crippen molar-refractivity contribution in [1.82, 2.24) is 0 Å². The molecule has 26 valence electrons. The second-order valence-corrected chi connectivity index (χ2v) is 0. The minimum absolute atomic E-state index is 0. The van der Waals surface area contributed by atoms with Gasteiger partial charge in [-0.2, -0.15) is 0 Å². The Bertz CT molecular complexity index is 4.00. The molecule has 2 nitrogen and oxygen atoms in total. The van der Waals surface area contributed by atoms with E-state index in [9.17, 15) is 0 Å². The van der Waals surface area contributed by atoms with Crippen molar-refractivity contribution in [2.75, 3.05) is 0 Å². The molecule has 0 amide bonds. The molecule has 0 heterocycles. The number of hydrogen-bond donors (Lipinski definition) is 0. The van der Waals surface area contributed by atoms with Crippen molar-refractivity contribution in [2.24, 2.45) is 0 Å². The summed E-state index contributed by atoms with van der Waals surface area (Å²) in [6, 6.07) is 0. The summed E-state index contributed by atoms with van der Waals surface area (Å²) in [4.78, 5) is 0. The third-order valence-corrected chi connectivity index (χ3v) is 0. The molecule has 4 heavy (non-hydrogen) atoms. The van der Waals surface area contributed by atoms with Crippen LogP contribution in [0.1, 0.15) is 0 Å². The quantitative estimate of drug-likeness (QED) is 0.425. The molecule has 4 heteroatoms. The van der Waals surface area contributed by atoms with E-state index in [1.165, 1.54) is 16.2 Å². The Hall–Kier alpha value is 0.825. The van der Waals surface area contributed by atoms with Crippen molar-refractivity contribution >= 4 is 0 Å². The number of rotatable bonds is 0. The van der Waals surface area contributed by atoms with Gasteiger partial charge in [-0.25, -0.2) is 0 Å². The summed E-state index contributed by atoms with van der Waals surface area (Å²) in [5.41, 5.74) is 0. The van der Waals surface area contributed by atoms with Crippen LogP contribution in [0.25, 0.3) is 0 Å². The molecule has 0 aliphatic carbocycles. The molecule has 0 aromatic rings. The Labute approximate surface area is 43.3 Å². The monoisotopic (exact) mass is 138 g/mol. The fourth-order valence-electron chi connectivity index (χ4n) is 0. The Balaban J connectivity index is -0.00000000500. The molecule has 0 saturated heterocycles. The van der Waals surface area contributed by atoms with Crippen LogP contribution in [0.5, 0.6) is 0 Å². The van der Waals surface area contributed by atoms with E-state index in [1.54, 1.807) is 0 Å². The van der Waals surface area contributed by atoms with Crippen LogP contribution in [0.4, 0.5) is 0 Å². The predicted molar refractivity (Wildman–Crippen MR) is 4.30 cm³/mol. The molecule has 0 saturated carbocycles. The van der Waals surface area contributed by atoms with E-state index in [4.69, 9.17) is 3.80 Å². The first-order valence-electron chi connectivity index (χ1n) is 0.167. The zero-order valence-corrected chi connectivity index (χ0v) is 4.27. The minimum atomic E-state index is 0. The van der Waals surface area contributed by atoms with E-state index in [2.05, 4.69) is 0 Å². The summed E-state index contributed by atoms with van der Waals surface area (Å²) in [5, 5.41) is 0. The van der Waals surface area contributed by atoms with Crippen molar-refractivity contribution < 1.29 is 42.9 Å². The fraction of sp³-hybridized carbons (Fsp3) is 0. The molecule has 0 bridgehead atoms. The van der Waals surface area contributed by atoms with Gasteiger partial charge in [-0.05, 0) is 0 Å². The van der Waals surface area contributed by atoms with E-state index < -0.39 is 0 Å². The second kappa shape index (κ2) is 44.9. The molecule has 0 aliphatic heterocycles. The van der Waals surface area contributed by atoms with Crippen LogP contribution >= 0.6 is 0 Å². The van der Waals surface area contributed by atoms with Gasteiger partial charge in [-0.15, -0.1) is 0 Å². The molecule has 0 spiro atoms. The zero-order valence-electron chi connectivity index (χ0n) is 1.72. The molecule has 0 atom stereocenters. The molecule has 0 radical (unpaired) electrons. The molecule has 0 unspecified atom stereocenters. The van der Waals surface area contributed by atoms with Crippen LogP contribution in [-0.2, 0) is 37.4 Å². The maximum atomic E-state index is 8.12. The van der Waals surface area contributed by atoms with Gasteiger partial charge in [0, 0.05) is 17.4 Å². The van der Waals surface area contributed by atoms with Gasteiger partial charge in [-0.1, -0.05) is 0 Å². The van der Waals surface area contributed by atoms with Gasteiger partial charge in [0.05, 0.1) is 0 Å². The molecule has 0 fully saturated rings. The van der Waals surface area contributed by atoms with Crippen LogP contribution in [0.2, 0.25) is 0 Å². The average Bonchev–Trinajstić information content (AvgIpc) is 1.00. The van der Waals surface area contributed by atoms with Gasteiger partial charge in [0.1, 0.15) is 0 Å². The van der Waals surface area contributed by atoms with E-state index in [0.29, 0.717) is 0 Å². The molecule has 2 N–H and O–H groups in total. The van der Waals surface area contributed by atoms with E-state index in [0.717, 1.165) is 0 Å².